The van der Waals surface area contributed by atoms with Crippen LogP contribution < -0.4 is 0 Å². The fourth-order valence-corrected chi connectivity index (χ4v) is 0. The Labute approximate surface area is 25.0 Å². The van der Waals surface area contributed by atoms with Gasteiger partial charge >= 0.3 is 0 Å². The molecule has 0 rings (SSSR count). The molecule has 4 heavy (non-hydrogen) atoms. The van der Waals surface area contributed by atoms with E-state index in [1.54, 1.807) is 0 Å². The molecule has 0 unspecified atom stereocenters. The molecule has 0 aromatic rings. The van der Waals surface area contributed by atoms with Crippen LogP contribution in [0.2, 0.25) is 0 Å². The van der Waals surface area contributed by atoms with Crippen molar-refractivity contribution in [3.05, 3.63) is 0 Å². The monoisotopic (exact) mass is 82.0 g/mol. The zero-order valence-electron chi connectivity index (χ0n) is 1.71. The average Bonchev–Trinajstić information content (AvgIpc) is 0.811. The van der Waals surface area contributed by atoms with E-state index in [2.05, 4.69) is 0 Å². The summed E-state index contributed by atoms with van der Waals surface area (Å²) in [5, 5.41) is 0. The van der Waals surface area contributed by atoms with Crippen molar-refractivity contribution in [1.29, 1.82) is 0 Å². The minimum Gasteiger partial charge on any atom is -0.288 e. The van der Waals surface area contributed by atoms with Gasteiger partial charge in [-0.2, -0.15) is 0 Å². The maximum absolute atomic E-state index is 8.59. The highest BCUT2D eigenvalue weighted by atomic mass is 32.2. The van der Waals surface area contributed by atoms with Gasteiger partial charge in [0.1, 0.15) is 0 Å². The maximum atomic E-state index is 8.59. The molecule has 0 saturated carbocycles. The van der Waals surface area contributed by atoms with Crippen LogP contribution in [-0.4, -0.2) is 13.0 Å². The number of rotatable bonds is 0. The molecular weight excluding hydrogens is 80.1 g/mol. The van der Waals surface area contributed by atoms with Crippen molar-refractivity contribution in [3.63, 3.8) is 0 Å². The number of hydrogen-bond acceptors (Lipinski definition) is 2. The Morgan fingerprint density at radius 1 is 1.50 bits per heavy atom. The maximum Gasteiger partial charge on any atom is 0.254 e. The van der Waals surface area contributed by atoms with Crippen molar-refractivity contribution in [2.45, 2.75) is 0 Å². The van der Waals surface area contributed by atoms with Crippen LogP contribution in [0.15, 0.2) is 0 Å². The predicted octanol–water partition coefficient (Wildman–Crippen LogP) is -0.929. The van der Waals surface area contributed by atoms with E-state index in [9.17, 15) is 0 Å². The van der Waals surface area contributed by atoms with E-state index in [0.717, 1.165) is 0 Å². The Morgan fingerprint density at radius 2 is 1.50 bits per heavy atom. The molecule has 0 fully saturated rings. The molecule has 0 aliphatic carbocycles. The zero-order chi connectivity index (χ0) is 3.58. The second-order valence-electron chi connectivity index (χ2n) is 0.238. The SMILES string of the molecule is O=[SH](=O)O. The van der Waals surface area contributed by atoms with Gasteiger partial charge in [-0.05, 0) is 0 Å². The summed E-state index contributed by atoms with van der Waals surface area (Å²) in [4.78, 5) is 0. The highest BCUT2D eigenvalue weighted by molar-refractivity contribution is 7.66. The zero-order valence-corrected chi connectivity index (χ0v) is 2.61. The number of hydrogen-bond donors (Lipinski definition) is 2. The fraction of sp³-hybridized carbons (Fsp3) is 0. The van der Waals surface area contributed by atoms with Gasteiger partial charge in [-0.1, -0.05) is 0 Å². The van der Waals surface area contributed by atoms with Crippen LogP contribution in [0, 0.1) is 0 Å². The van der Waals surface area contributed by atoms with E-state index in [-0.39, 0.29) is 0 Å². The second kappa shape index (κ2) is 1.25. The Kier molecular flexibility index (Phi) is 1.23. The molecule has 0 aliphatic rings. The summed E-state index contributed by atoms with van der Waals surface area (Å²) < 4.78 is 24.2. The summed E-state index contributed by atoms with van der Waals surface area (Å²) >= 11 is 0. The van der Waals surface area contributed by atoms with Crippen molar-refractivity contribution in [2.24, 2.45) is 0 Å². The molecule has 0 bridgehead atoms. The topological polar surface area (TPSA) is 54.4 Å². The summed E-state index contributed by atoms with van der Waals surface area (Å²) in [7, 11) is -3.12. The van der Waals surface area contributed by atoms with Crippen LogP contribution in [0.4, 0.5) is 0 Å². The van der Waals surface area contributed by atoms with E-state index < -0.39 is 11.0 Å². The van der Waals surface area contributed by atoms with Gasteiger partial charge in [0.05, 0.1) is 0 Å². The quantitative estimate of drug-likeness (QED) is 0.293. The molecule has 0 spiro atoms. The minimum atomic E-state index is -3.12. The Hall–Kier alpha value is -0.0900. The van der Waals surface area contributed by atoms with Gasteiger partial charge in [0, 0.05) is 0 Å². The van der Waals surface area contributed by atoms with E-state index in [1.165, 1.54) is 0 Å². The normalized spacial score (nSPS) is 8.50. The van der Waals surface area contributed by atoms with Gasteiger partial charge in [0.25, 0.3) is 11.0 Å². The highest BCUT2D eigenvalue weighted by Gasteiger charge is 1.44. The van der Waals surface area contributed by atoms with Crippen LogP contribution in [0.3, 0.4) is 0 Å². The van der Waals surface area contributed by atoms with E-state index in [1.807, 2.05) is 0 Å². The third-order valence-electron chi connectivity index (χ3n) is 0. The third-order valence-corrected chi connectivity index (χ3v) is 0. The van der Waals surface area contributed by atoms with Crippen LogP contribution in [0.5, 0.6) is 0 Å². The van der Waals surface area contributed by atoms with Gasteiger partial charge in [0.2, 0.25) is 0 Å². The Morgan fingerprint density at radius 3 is 1.50 bits per heavy atom. The van der Waals surface area contributed by atoms with E-state index in [4.69, 9.17) is 13.0 Å². The molecule has 0 aromatic carbocycles. The van der Waals surface area contributed by atoms with Crippen molar-refractivity contribution in [2.75, 3.05) is 0 Å². The molecule has 4 heteroatoms. The summed E-state index contributed by atoms with van der Waals surface area (Å²) in [5.74, 6) is 0. The highest BCUT2D eigenvalue weighted by Crippen LogP contribution is 1.27. The van der Waals surface area contributed by atoms with Crippen molar-refractivity contribution in [1.82, 2.24) is 0 Å². The molecule has 0 heterocycles. The molecule has 0 aromatic heterocycles. The van der Waals surface area contributed by atoms with Gasteiger partial charge in [-0.15, -0.1) is 0 Å². The first-order chi connectivity index (χ1) is 1.73. The molecular formula is H2O3S. The average molecular weight is 82.1 g/mol. The second-order valence-corrected chi connectivity index (χ2v) is 0.714. The van der Waals surface area contributed by atoms with Crippen LogP contribution in [0.1, 0.15) is 0 Å². The van der Waals surface area contributed by atoms with E-state index in [0.29, 0.717) is 0 Å². The number of thiol groups is 1. The largest absolute Gasteiger partial charge is 0.288 e. The first-order valence-corrected chi connectivity index (χ1v) is 1.70. The molecule has 0 radical (unpaired) electrons. The molecule has 26 valence electrons. The predicted molar refractivity (Wildman–Crippen MR) is 12.9 cm³/mol. The molecule has 0 aliphatic heterocycles. The van der Waals surface area contributed by atoms with Crippen molar-refractivity contribution < 1.29 is 13.0 Å². The van der Waals surface area contributed by atoms with Gasteiger partial charge < -0.3 is 0 Å². The molecule has 0 saturated heterocycles. The first-order valence-electron chi connectivity index (χ1n) is 0.565. The van der Waals surface area contributed by atoms with Crippen LogP contribution in [0.25, 0.3) is 0 Å². The molecule has 3 nitrogen and oxygen atoms in total. The molecule has 1 N–H and O–H groups in total. The lowest BCUT2D eigenvalue weighted by atomic mass is 15.9. The van der Waals surface area contributed by atoms with Crippen molar-refractivity contribution in [3.8, 4) is 0 Å². The molecule has 0 amide bonds. The molecule has 0 atom stereocenters. The minimum absolute atomic E-state index is 3.12. The van der Waals surface area contributed by atoms with Crippen molar-refractivity contribution >= 4 is 11.0 Å². The summed E-state index contributed by atoms with van der Waals surface area (Å²) in [6.45, 7) is 0. The third kappa shape index (κ3) is 195. The lowest BCUT2D eigenvalue weighted by molar-refractivity contribution is 0.509. The van der Waals surface area contributed by atoms with E-state index >= 15 is 0 Å². The Bertz CT molecular complexity index is 51.7. The van der Waals surface area contributed by atoms with Gasteiger partial charge in [0.15, 0.2) is 0 Å². The van der Waals surface area contributed by atoms with Gasteiger partial charge in [-0.25, -0.2) is 8.42 Å². The lowest BCUT2D eigenvalue weighted by Gasteiger charge is -1.43. The summed E-state index contributed by atoms with van der Waals surface area (Å²) in [5.41, 5.74) is 0. The Balaban J connectivity index is 3.51. The van der Waals surface area contributed by atoms with Gasteiger partial charge in [-0.3, -0.25) is 4.55 Å². The first kappa shape index (κ1) is 3.91. The standard InChI is InChI=1S/H2O3S/c1-4(2)3/h4H,(H,1,2,3). The fourth-order valence-electron chi connectivity index (χ4n) is 0. The lowest BCUT2D eigenvalue weighted by Crippen LogP contribution is -1.58. The van der Waals surface area contributed by atoms with Crippen LogP contribution in [-0.2, 0) is 11.0 Å². The smallest absolute Gasteiger partial charge is 0.254 e. The summed E-state index contributed by atoms with van der Waals surface area (Å²) in [6.07, 6.45) is 0. The van der Waals surface area contributed by atoms with Crippen LogP contribution >= 0.6 is 0 Å². The summed E-state index contributed by atoms with van der Waals surface area (Å²) in [6, 6.07) is 0.